The molecule has 0 saturated heterocycles. The van der Waals surface area contributed by atoms with Gasteiger partial charge in [0.15, 0.2) is 0 Å². The fraction of sp³-hybridized carbons (Fsp3) is 0.118. The number of nitrogens with one attached hydrogen (secondary N) is 1. The number of phenols is 1. The Balaban J connectivity index is 2.03. The number of Topliss-reactive ketones (excluding diaryl/α,β-unsaturated/α-hetero) is 1. The highest BCUT2D eigenvalue weighted by Gasteiger charge is 2.06. The summed E-state index contributed by atoms with van der Waals surface area (Å²) in [5, 5.41) is 13.4. The first kappa shape index (κ1) is 15.4. The SMILES string of the molecule is CC(=O)Cc1cccc(C(=O)N/N=C\c2ccccc2O)c1. The molecule has 0 heterocycles. The third-order valence-corrected chi connectivity index (χ3v) is 2.95. The second-order valence-corrected chi connectivity index (χ2v) is 4.84. The molecular weight excluding hydrogens is 280 g/mol. The predicted octanol–water partition coefficient (Wildman–Crippen LogP) is 2.29. The maximum absolute atomic E-state index is 12.0. The van der Waals surface area contributed by atoms with Crippen LogP contribution in [0.2, 0.25) is 0 Å². The van der Waals surface area contributed by atoms with Crippen LogP contribution in [0.5, 0.6) is 5.75 Å². The van der Waals surface area contributed by atoms with E-state index in [0.717, 1.165) is 5.56 Å². The summed E-state index contributed by atoms with van der Waals surface area (Å²) >= 11 is 0. The Kier molecular flexibility index (Phi) is 5.03. The number of hydrazone groups is 1. The number of hydrogen-bond acceptors (Lipinski definition) is 4. The van der Waals surface area contributed by atoms with Crippen LogP contribution in [0.15, 0.2) is 53.6 Å². The molecule has 0 atom stereocenters. The lowest BCUT2D eigenvalue weighted by Crippen LogP contribution is -2.17. The van der Waals surface area contributed by atoms with Crippen LogP contribution in [0, 0.1) is 0 Å². The number of rotatable bonds is 5. The normalized spacial score (nSPS) is 10.6. The zero-order valence-electron chi connectivity index (χ0n) is 12.1. The summed E-state index contributed by atoms with van der Waals surface area (Å²) in [5.41, 5.74) is 4.10. The van der Waals surface area contributed by atoms with Crippen molar-refractivity contribution >= 4 is 17.9 Å². The monoisotopic (exact) mass is 296 g/mol. The van der Waals surface area contributed by atoms with Crippen molar-refractivity contribution in [3.05, 3.63) is 65.2 Å². The third kappa shape index (κ3) is 4.28. The van der Waals surface area contributed by atoms with Crippen molar-refractivity contribution in [2.75, 3.05) is 0 Å². The lowest BCUT2D eigenvalue weighted by atomic mass is 10.1. The molecule has 0 spiro atoms. The van der Waals surface area contributed by atoms with Gasteiger partial charge in [-0.15, -0.1) is 0 Å². The van der Waals surface area contributed by atoms with Crippen LogP contribution in [0.3, 0.4) is 0 Å². The minimum atomic E-state index is -0.378. The van der Waals surface area contributed by atoms with Crippen LogP contribution in [0.4, 0.5) is 0 Å². The van der Waals surface area contributed by atoms with Crippen molar-refractivity contribution < 1.29 is 14.7 Å². The highest BCUT2D eigenvalue weighted by atomic mass is 16.3. The van der Waals surface area contributed by atoms with Gasteiger partial charge in [-0.2, -0.15) is 5.10 Å². The largest absolute Gasteiger partial charge is 0.507 e. The van der Waals surface area contributed by atoms with Crippen LogP contribution in [-0.4, -0.2) is 23.0 Å². The Hall–Kier alpha value is -2.95. The maximum Gasteiger partial charge on any atom is 0.271 e. The molecule has 2 aromatic rings. The standard InChI is InChI=1S/C17H16N2O3/c1-12(20)9-13-5-4-7-14(10-13)17(22)19-18-11-15-6-2-3-8-16(15)21/h2-8,10-11,21H,9H2,1H3,(H,19,22)/b18-11-. The number of phenolic OH excluding ortho intramolecular Hbond substituents is 1. The molecule has 5 heteroatoms. The topological polar surface area (TPSA) is 78.8 Å². The van der Waals surface area contributed by atoms with Crippen LogP contribution in [-0.2, 0) is 11.2 Å². The number of aromatic hydroxyl groups is 1. The molecule has 112 valence electrons. The van der Waals surface area contributed by atoms with Crippen LogP contribution in [0.25, 0.3) is 0 Å². The fourth-order valence-electron chi connectivity index (χ4n) is 1.93. The lowest BCUT2D eigenvalue weighted by molar-refractivity contribution is -0.116. The highest BCUT2D eigenvalue weighted by molar-refractivity contribution is 5.95. The van der Waals surface area contributed by atoms with E-state index in [4.69, 9.17) is 0 Å². The van der Waals surface area contributed by atoms with Gasteiger partial charge in [0.25, 0.3) is 5.91 Å². The number of nitrogens with zero attached hydrogens (tertiary/aromatic N) is 1. The third-order valence-electron chi connectivity index (χ3n) is 2.95. The van der Waals surface area contributed by atoms with E-state index in [2.05, 4.69) is 10.5 Å². The summed E-state index contributed by atoms with van der Waals surface area (Å²) in [5.74, 6) is -0.254. The average molecular weight is 296 g/mol. The van der Waals surface area contributed by atoms with E-state index in [1.807, 2.05) is 0 Å². The van der Waals surface area contributed by atoms with E-state index in [1.165, 1.54) is 19.2 Å². The van der Waals surface area contributed by atoms with Gasteiger partial charge in [-0.1, -0.05) is 24.3 Å². The zero-order chi connectivity index (χ0) is 15.9. The van der Waals surface area contributed by atoms with Gasteiger partial charge >= 0.3 is 0 Å². The number of para-hydroxylation sites is 1. The number of carbonyl (C=O) groups is 2. The molecule has 2 rings (SSSR count). The summed E-state index contributed by atoms with van der Waals surface area (Å²) < 4.78 is 0. The van der Waals surface area contributed by atoms with Crippen molar-refractivity contribution in [1.29, 1.82) is 0 Å². The Morgan fingerprint density at radius 3 is 2.68 bits per heavy atom. The van der Waals surface area contributed by atoms with E-state index in [-0.39, 0.29) is 17.4 Å². The minimum Gasteiger partial charge on any atom is -0.507 e. The zero-order valence-corrected chi connectivity index (χ0v) is 12.1. The summed E-state index contributed by atoms with van der Waals surface area (Å²) in [6, 6.07) is 13.5. The molecule has 2 N–H and O–H groups in total. The van der Waals surface area contributed by atoms with Gasteiger partial charge in [0.2, 0.25) is 0 Å². The minimum absolute atomic E-state index is 0.0372. The molecule has 0 unspecified atom stereocenters. The van der Waals surface area contributed by atoms with Crippen molar-refractivity contribution in [2.24, 2.45) is 5.10 Å². The van der Waals surface area contributed by atoms with Crippen molar-refractivity contribution in [2.45, 2.75) is 13.3 Å². The molecule has 0 aliphatic rings. The van der Waals surface area contributed by atoms with E-state index in [9.17, 15) is 14.7 Å². The summed E-state index contributed by atoms with van der Waals surface area (Å²) in [6.07, 6.45) is 1.66. The van der Waals surface area contributed by atoms with Crippen LogP contribution in [0.1, 0.15) is 28.4 Å². The first-order valence-corrected chi connectivity index (χ1v) is 6.76. The quantitative estimate of drug-likeness (QED) is 0.656. The highest BCUT2D eigenvalue weighted by Crippen LogP contribution is 2.12. The molecule has 2 aromatic carbocycles. The number of carbonyl (C=O) groups excluding carboxylic acids is 2. The predicted molar refractivity (Wildman–Crippen MR) is 84.0 cm³/mol. The lowest BCUT2D eigenvalue weighted by Gasteiger charge is -2.03. The molecule has 22 heavy (non-hydrogen) atoms. The number of amides is 1. The van der Waals surface area contributed by atoms with Crippen molar-refractivity contribution in [3.8, 4) is 5.75 Å². The number of hydrogen-bond donors (Lipinski definition) is 2. The van der Waals surface area contributed by atoms with Gasteiger partial charge in [0.1, 0.15) is 11.5 Å². The molecule has 5 nitrogen and oxygen atoms in total. The second-order valence-electron chi connectivity index (χ2n) is 4.84. The number of benzene rings is 2. The van der Waals surface area contributed by atoms with E-state index < -0.39 is 0 Å². The molecule has 0 fully saturated rings. The summed E-state index contributed by atoms with van der Waals surface area (Å²) in [6.45, 7) is 1.50. The Bertz CT molecular complexity index is 723. The fourth-order valence-corrected chi connectivity index (χ4v) is 1.93. The van der Waals surface area contributed by atoms with Crippen LogP contribution >= 0.6 is 0 Å². The van der Waals surface area contributed by atoms with Gasteiger partial charge in [-0.25, -0.2) is 5.43 Å². The smallest absolute Gasteiger partial charge is 0.271 e. The van der Waals surface area contributed by atoms with Gasteiger partial charge in [0.05, 0.1) is 6.21 Å². The first-order valence-electron chi connectivity index (χ1n) is 6.76. The molecule has 1 amide bonds. The second kappa shape index (κ2) is 7.17. The van der Waals surface area contributed by atoms with Gasteiger partial charge in [-0.05, 0) is 36.8 Å². The van der Waals surface area contributed by atoms with Gasteiger partial charge < -0.3 is 5.11 Å². The molecule has 0 saturated carbocycles. The molecular formula is C17H16N2O3. The maximum atomic E-state index is 12.0. The molecule has 0 aliphatic carbocycles. The first-order chi connectivity index (χ1) is 10.6. The molecule has 0 bridgehead atoms. The Morgan fingerprint density at radius 1 is 1.18 bits per heavy atom. The van der Waals surface area contributed by atoms with E-state index >= 15 is 0 Å². The molecule has 0 radical (unpaired) electrons. The van der Waals surface area contributed by atoms with Crippen molar-refractivity contribution in [3.63, 3.8) is 0 Å². The summed E-state index contributed by atoms with van der Waals surface area (Å²) in [7, 11) is 0. The van der Waals surface area contributed by atoms with Crippen molar-refractivity contribution in [1.82, 2.24) is 5.43 Å². The number of ketones is 1. The van der Waals surface area contributed by atoms with E-state index in [1.54, 1.807) is 42.5 Å². The summed E-state index contributed by atoms with van der Waals surface area (Å²) in [4.78, 5) is 23.1. The Morgan fingerprint density at radius 2 is 1.95 bits per heavy atom. The van der Waals surface area contributed by atoms with Crippen LogP contribution < -0.4 is 5.43 Å². The Labute approximate surface area is 128 Å². The van der Waals surface area contributed by atoms with E-state index in [0.29, 0.717) is 17.5 Å². The molecule has 0 aliphatic heterocycles. The van der Waals surface area contributed by atoms with Gasteiger partial charge in [-0.3, -0.25) is 9.59 Å². The van der Waals surface area contributed by atoms with Gasteiger partial charge in [0, 0.05) is 17.5 Å². The molecule has 0 aromatic heterocycles. The average Bonchev–Trinajstić information content (AvgIpc) is 2.48.